The van der Waals surface area contributed by atoms with Gasteiger partial charge >= 0.3 is 0 Å². The van der Waals surface area contributed by atoms with Gasteiger partial charge in [-0.15, -0.1) is 0 Å². The minimum atomic E-state index is -0.436. The zero-order chi connectivity index (χ0) is 12.4. The summed E-state index contributed by atoms with van der Waals surface area (Å²) in [7, 11) is 0. The number of halogens is 3. The summed E-state index contributed by atoms with van der Waals surface area (Å²) in [6, 6.07) is 1.37. The predicted octanol–water partition coefficient (Wildman–Crippen LogP) is 2.89. The van der Waals surface area contributed by atoms with E-state index in [2.05, 4.69) is 20.9 Å². The minimum absolute atomic E-state index is 0.297. The molecule has 0 aromatic carbocycles. The van der Waals surface area contributed by atoms with Crippen LogP contribution in [0.3, 0.4) is 0 Å². The number of nitrogens with zero attached hydrogens (tertiary/aromatic N) is 2. The predicted molar refractivity (Wildman–Crippen MR) is 67.7 cm³/mol. The third-order valence-electron chi connectivity index (χ3n) is 2.55. The normalized spacial score (nSPS) is 15.7. The molecule has 0 fully saturated rings. The Kier molecular flexibility index (Phi) is 3.79. The summed E-state index contributed by atoms with van der Waals surface area (Å²) in [4.78, 5) is 16.7. The molecule has 0 saturated heterocycles. The fraction of sp³-hybridized carbons (Fsp3) is 0.273. The maximum Gasteiger partial charge on any atom is 0.248 e. The lowest BCUT2D eigenvalue weighted by atomic mass is 10.1. The zero-order valence-electron chi connectivity index (χ0n) is 8.79. The first kappa shape index (κ1) is 12.5. The average Bonchev–Trinajstić information content (AvgIpc) is 2.29. The Morgan fingerprint density at radius 2 is 2.35 bits per heavy atom. The van der Waals surface area contributed by atoms with Crippen LogP contribution in [-0.4, -0.2) is 23.3 Å². The van der Waals surface area contributed by atoms with E-state index in [1.165, 1.54) is 6.07 Å². The molecule has 1 aliphatic rings. The molecule has 1 aromatic heterocycles. The van der Waals surface area contributed by atoms with Gasteiger partial charge in [0.1, 0.15) is 0 Å². The molecule has 2 heterocycles. The van der Waals surface area contributed by atoms with Gasteiger partial charge in [0.25, 0.3) is 0 Å². The highest BCUT2D eigenvalue weighted by atomic mass is 79.9. The van der Waals surface area contributed by atoms with Crippen molar-refractivity contribution in [3.63, 3.8) is 0 Å². The minimum Gasteiger partial charge on any atom is -0.350 e. The van der Waals surface area contributed by atoms with E-state index in [0.29, 0.717) is 35.4 Å². The molecule has 0 amide bonds. The van der Waals surface area contributed by atoms with Gasteiger partial charge in [0, 0.05) is 29.3 Å². The third-order valence-corrected chi connectivity index (χ3v) is 3.23. The van der Waals surface area contributed by atoms with Crippen LogP contribution in [0.15, 0.2) is 28.4 Å². The van der Waals surface area contributed by atoms with Crippen molar-refractivity contribution in [2.24, 2.45) is 0 Å². The van der Waals surface area contributed by atoms with Crippen LogP contribution in [0.2, 0.25) is 0 Å². The summed E-state index contributed by atoms with van der Waals surface area (Å²) in [6.07, 6.45) is 3.77. The summed E-state index contributed by atoms with van der Waals surface area (Å²) in [5.74, 6) is -0.0843. The van der Waals surface area contributed by atoms with Crippen molar-refractivity contribution in [2.75, 3.05) is 18.0 Å². The quantitative estimate of drug-likeness (QED) is 0.786. The second kappa shape index (κ2) is 5.14. The first-order valence-corrected chi connectivity index (χ1v) is 6.20. The number of rotatable bonds is 2. The summed E-state index contributed by atoms with van der Waals surface area (Å²) >= 11 is 8.53. The Balaban J connectivity index is 2.18. The fourth-order valence-corrected chi connectivity index (χ4v) is 2.16. The number of aromatic nitrogens is 1. The molecule has 0 bridgehead atoms. The van der Waals surface area contributed by atoms with Gasteiger partial charge in [0.2, 0.25) is 5.24 Å². The van der Waals surface area contributed by atoms with E-state index in [-0.39, 0.29) is 5.82 Å². The first-order valence-electron chi connectivity index (χ1n) is 5.03. The van der Waals surface area contributed by atoms with E-state index in [1.54, 1.807) is 17.2 Å². The van der Waals surface area contributed by atoms with Crippen LogP contribution in [0, 0.1) is 5.82 Å². The molecule has 3 nitrogen and oxygen atoms in total. The molecule has 90 valence electrons. The Bertz CT molecular complexity index is 492. The maximum atomic E-state index is 13.6. The van der Waals surface area contributed by atoms with E-state index in [1.807, 2.05) is 0 Å². The van der Waals surface area contributed by atoms with Gasteiger partial charge in [-0.1, -0.05) is 6.08 Å². The van der Waals surface area contributed by atoms with Crippen LogP contribution < -0.4 is 4.90 Å². The average molecular weight is 320 g/mol. The van der Waals surface area contributed by atoms with E-state index in [0.717, 1.165) is 0 Å². The number of anilines is 1. The number of pyridine rings is 1. The smallest absolute Gasteiger partial charge is 0.248 e. The molecule has 1 aliphatic heterocycles. The zero-order valence-corrected chi connectivity index (χ0v) is 11.1. The monoisotopic (exact) mass is 318 g/mol. The molecule has 0 saturated carbocycles. The second-order valence-electron chi connectivity index (χ2n) is 3.66. The van der Waals surface area contributed by atoms with Crippen molar-refractivity contribution in [3.8, 4) is 0 Å². The van der Waals surface area contributed by atoms with Crippen molar-refractivity contribution < 1.29 is 9.18 Å². The van der Waals surface area contributed by atoms with Crippen LogP contribution in [0.25, 0.3) is 0 Å². The molecule has 0 radical (unpaired) electrons. The van der Waals surface area contributed by atoms with Crippen molar-refractivity contribution in [1.82, 2.24) is 4.98 Å². The fourth-order valence-electron chi connectivity index (χ4n) is 1.68. The topological polar surface area (TPSA) is 33.2 Å². The van der Waals surface area contributed by atoms with Gasteiger partial charge in [-0.25, -0.2) is 9.37 Å². The Morgan fingerprint density at radius 1 is 1.59 bits per heavy atom. The number of hydrogen-bond acceptors (Lipinski definition) is 3. The molecular weight excluding hydrogens is 310 g/mol. The highest BCUT2D eigenvalue weighted by Gasteiger charge is 2.19. The Labute approximate surface area is 111 Å². The van der Waals surface area contributed by atoms with Gasteiger partial charge in [-0.3, -0.25) is 4.79 Å². The molecule has 0 spiro atoms. The van der Waals surface area contributed by atoms with Gasteiger partial charge in [-0.2, -0.15) is 0 Å². The number of carbonyl (C=O) groups is 1. The molecule has 0 unspecified atom stereocenters. The van der Waals surface area contributed by atoms with Crippen LogP contribution in [0.4, 0.5) is 10.2 Å². The first-order chi connectivity index (χ1) is 8.08. The SMILES string of the molecule is O=C(Cl)C1=CCN(c2ncc(Br)cc2F)CC1. The van der Waals surface area contributed by atoms with Gasteiger partial charge in [0.05, 0.1) is 0 Å². The standard InChI is InChI=1S/C11H9BrClFN2O/c12-8-5-9(14)11(15-6-8)16-3-1-7(2-4-16)10(13)17/h1,5-6H,2-4H2. The van der Waals surface area contributed by atoms with Gasteiger partial charge < -0.3 is 4.90 Å². The lowest BCUT2D eigenvalue weighted by molar-refractivity contribution is -0.108. The molecule has 1 aromatic rings. The summed E-state index contributed by atoms with van der Waals surface area (Å²) in [5, 5.41) is -0.436. The van der Waals surface area contributed by atoms with Gasteiger partial charge in [0.15, 0.2) is 11.6 Å². The van der Waals surface area contributed by atoms with Crippen molar-refractivity contribution in [2.45, 2.75) is 6.42 Å². The Hall–Kier alpha value is -0.940. The number of hydrogen-bond donors (Lipinski definition) is 0. The van der Waals surface area contributed by atoms with E-state index in [4.69, 9.17) is 11.6 Å². The lowest BCUT2D eigenvalue weighted by Gasteiger charge is -2.26. The molecule has 0 aliphatic carbocycles. The third kappa shape index (κ3) is 2.84. The molecule has 0 atom stereocenters. The van der Waals surface area contributed by atoms with E-state index >= 15 is 0 Å². The summed E-state index contributed by atoms with van der Waals surface area (Å²) < 4.78 is 14.2. The lowest BCUT2D eigenvalue weighted by Crippen LogP contribution is -2.31. The highest BCUT2D eigenvalue weighted by Crippen LogP contribution is 2.23. The van der Waals surface area contributed by atoms with E-state index < -0.39 is 5.24 Å². The van der Waals surface area contributed by atoms with E-state index in [9.17, 15) is 9.18 Å². The van der Waals surface area contributed by atoms with Crippen LogP contribution in [0.1, 0.15) is 6.42 Å². The maximum absolute atomic E-state index is 13.6. The van der Waals surface area contributed by atoms with Crippen molar-refractivity contribution in [1.29, 1.82) is 0 Å². The number of carbonyl (C=O) groups excluding carboxylic acids is 1. The van der Waals surface area contributed by atoms with Gasteiger partial charge in [-0.05, 0) is 40.0 Å². The van der Waals surface area contributed by atoms with Crippen molar-refractivity contribution >= 4 is 38.6 Å². The molecule has 6 heteroatoms. The van der Waals surface area contributed by atoms with Crippen LogP contribution >= 0.6 is 27.5 Å². The molecule has 2 rings (SSSR count). The molecular formula is C11H9BrClFN2O. The highest BCUT2D eigenvalue weighted by molar-refractivity contribution is 9.10. The second-order valence-corrected chi connectivity index (χ2v) is 4.92. The largest absolute Gasteiger partial charge is 0.350 e. The summed E-state index contributed by atoms with van der Waals surface area (Å²) in [5.41, 5.74) is 0.584. The molecule has 0 N–H and O–H groups in total. The summed E-state index contributed by atoms with van der Waals surface area (Å²) in [6.45, 7) is 0.981. The molecule has 17 heavy (non-hydrogen) atoms. The Morgan fingerprint density at radius 3 is 2.88 bits per heavy atom. The van der Waals surface area contributed by atoms with Crippen LogP contribution in [0.5, 0.6) is 0 Å². The van der Waals surface area contributed by atoms with Crippen molar-refractivity contribution in [3.05, 3.63) is 34.2 Å². The van der Waals surface area contributed by atoms with Crippen LogP contribution in [-0.2, 0) is 4.79 Å².